The van der Waals surface area contributed by atoms with Gasteiger partial charge in [0.15, 0.2) is 0 Å². The van der Waals surface area contributed by atoms with E-state index in [0.29, 0.717) is 61.2 Å². The van der Waals surface area contributed by atoms with Crippen molar-refractivity contribution in [2.45, 2.75) is 45.8 Å². The second kappa shape index (κ2) is 16.3. The SMILES string of the molecule is CC(=O)N(Cc1ccc(Cl)c(Cl)c1)C[C@@H](Cc1c[nH]c2ccccc12)N(C(C)=O)N1CC=C(c2c[nH]c3ccc(C(=O)NCc4ccccc4)cc23)CC1. The quantitative estimate of drug-likeness (QED) is 0.117. The number of rotatable bonds is 12. The van der Waals surface area contributed by atoms with Crippen molar-refractivity contribution in [1.29, 1.82) is 0 Å². The first-order valence-electron chi connectivity index (χ1n) is 18.1. The van der Waals surface area contributed by atoms with Crippen LogP contribution in [0, 0.1) is 0 Å². The van der Waals surface area contributed by atoms with E-state index in [-0.39, 0.29) is 23.8 Å². The van der Waals surface area contributed by atoms with Gasteiger partial charge in [0.1, 0.15) is 0 Å². The van der Waals surface area contributed by atoms with Crippen LogP contribution in [-0.4, -0.2) is 68.3 Å². The Hall–Kier alpha value is -5.35. The fourth-order valence-electron chi connectivity index (χ4n) is 7.39. The lowest BCUT2D eigenvalue weighted by atomic mass is 9.98. The highest BCUT2D eigenvalue weighted by molar-refractivity contribution is 6.42. The Bertz CT molecular complexity index is 2350. The number of nitrogens with one attached hydrogen (secondary N) is 3. The molecule has 6 aromatic rings. The minimum atomic E-state index is -0.367. The van der Waals surface area contributed by atoms with Gasteiger partial charge < -0.3 is 20.2 Å². The summed E-state index contributed by atoms with van der Waals surface area (Å²) in [6.07, 6.45) is 7.36. The van der Waals surface area contributed by atoms with Crippen LogP contribution in [0.4, 0.5) is 0 Å². The molecule has 0 aliphatic carbocycles. The number of hydrogen-bond acceptors (Lipinski definition) is 4. The molecule has 3 heterocycles. The lowest BCUT2D eigenvalue weighted by molar-refractivity contribution is -0.155. The Morgan fingerprint density at radius 2 is 1.57 bits per heavy atom. The lowest BCUT2D eigenvalue weighted by Crippen LogP contribution is -2.57. The zero-order valence-electron chi connectivity index (χ0n) is 30.2. The second-order valence-electron chi connectivity index (χ2n) is 13.8. The fraction of sp³-hybridized carbons (Fsp3) is 0.233. The van der Waals surface area contributed by atoms with Crippen LogP contribution in [0.3, 0.4) is 0 Å². The highest BCUT2D eigenvalue weighted by atomic mass is 35.5. The third-order valence-corrected chi connectivity index (χ3v) is 10.9. The summed E-state index contributed by atoms with van der Waals surface area (Å²) in [4.78, 5) is 48.5. The molecule has 276 valence electrons. The highest BCUT2D eigenvalue weighted by Crippen LogP contribution is 2.32. The first-order valence-corrected chi connectivity index (χ1v) is 18.8. The summed E-state index contributed by atoms with van der Waals surface area (Å²) in [6, 6.07) is 28.7. The number of fused-ring (bicyclic) bond motifs is 2. The van der Waals surface area contributed by atoms with Gasteiger partial charge in [0.25, 0.3) is 5.91 Å². The highest BCUT2D eigenvalue weighted by Gasteiger charge is 2.32. The average Bonchev–Trinajstić information content (AvgIpc) is 3.79. The third kappa shape index (κ3) is 8.24. The number of carbonyl (C=O) groups excluding carboxylic acids is 3. The molecule has 0 unspecified atom stereocenters. The molecule has 0 saturated carbocycles. The number of hydrazine groups is 1. The molecule has 1 aliphatic rings. The van der Waals surface area contributed by atoms with E-state index < -0.39 is 0 Å². The van der Waals surface area contributed by atoms with E-state index in [1.165, 1.54) is 0 Å². The molecule has 11 heteroatoms. The summed E-state index contributed by atoms with van der Waals surface area (Å²) >= 11 is 12.5. The summed E-state index contributed by atoms with van der Waals surface area (Å²) in [5.41, 5.74) is 7.68. The number of H-pyrrole nitrogens is 2. The predicted octanol–water partition coefficient (Wildman–Crippen LogP) is 8.40. The van der Waals surface area contributed by atoms with Crippen LogP contribution in [0.2, 0.25) is 10.0 Å². The topological polar surface area (TPSA) is 105 Å². The number of amides is 3. The standard InChI is InChI=1S/C43H42Cl2N6O3/c1-28(52)49(26-31-12-14-39(44)40(45)20-31)27-35(21-34-24-46-41-11-7-6-10-36(34)41)51(29(2)53)50-18-16-32(17-19-50)38-25-47-42-15-13-33(22-37(38)42)43(54)48-23-30-8-4-3-5-9-30/h3-16,20,22,24-25,35,46-47H,17-19,21,23,26-27H2,1-2H3,(H,48,54)/t35-/m1/s1. The summed E-state index contributed by atoms with van der Waals surface area (Å²) in [5, 5.41) is 9.88. The van der Waals surface area contributed by atoms with Crippen LogP contribution in [0.1, 0.15) is 52.9 Å². The molecule has 3 amide bonds. The normalized spacial score (nSPS) is 13.8. The third-order valence-electron chi connectivity index (χ3n) is 10.1. The lowest BCUT2D eigenvalue weighted by Gasteiger charge is -2.43. The molecule has 0 spiro atoms. The van der Waals surface area contributed by atoms with Crippen molar-refractivity contribution in [3.63, 3.8) is 0 Å². The van der Waals surface area contributed by atoms with Gasteiger partial charge in [-0.2, -0.15) is 0 Å². The van der Waals surface area contributed by atoms with Gasteiger partial charge in [0.2, 0.25) is 11.8 Å². The average molecular weight is 762 g/mol. The molecule has 0 radical (unpaired) electrons. The van der Waals surface area contributed by atoms with Crippen LogP contribution in [0.15, 0.2) is 109 Å². The summed E-state index contributed by atoms with van der Waals surface area (Å²) in [7, 11) is 0. The molecule has 1 atom stereocenters. The Morgan fingerprint density at radius 3 is 2.31 bits per heavy atom. The van der Waals surface area contributed by atoms with Crippen LogP contribution < -0.4 is 5.32 Å². The number of carbonyl (C=O) groups is 3. The van der Waals surface area contributed by atoms with E-state index in [4.69, 9.17) is 23.2 Å². The maximum Gasteiger partial charge on any atom is 0.251 e. The van der Waals surface area contributed by atoms with E-state index in [1.807, 2.05) is 90.2 Å². The number of aromatic amines is 2. The summed E-state index contributed by atoms with van der Waals surface area (Å²) < 4.78 is 0. The molecule has 0 fully saturated rings. The van der Waals surface area contributed by atoms with Gasteiger partial charge in [-0.3, -0.25) is 19.4 Å². The molecule has 4 aromatic carbocycles. The first kappa shape index (κ1) is 37.0. The van der Waals surface area contributed by atoms with E-state index in [1.54, 1.807) is 30.9 Å². The zero-order chi connectivity index (χ0) is 37.8. The predicted molar refractivity (Wildman–Crippen MR) is 216 cm³/mol. The number of benzene rings is 4. The minimum absolute atomic E-state index is 0.104. The van der Waals surface area contributed by atoms with Crippen molar-refractivity contribution in [2.24, 2.45) is 0 Å². The summed E-state index contributed by atoms with van der Waals surface area (Å²) in [6.45, 7) is 5.30. The number of aromatic nitrogens is 2. The minimum Gasteiger partial charge on any atom is -0.361 e. The van der Waals surface area contributed by atoms with E-state index in [0.717, 1.165) is 49.6 Å². The monoisotopic (exact) mass is 760 g/mol. The first-order chi connectivity index (χ1) is 26.1. The van der Waals surface area contributed by atoms with Crippen molar-refractivity contribution in [2.75, 3.05) is 19.6 Å². The Morgan fingerprint density at radius 1 is 0.815 bits per heavy atom. The fourth-order valence-corrected chi connectivity index (χ4v) is 7.71. The van der Waals surface area contributed by atoms with Crippen LogP contribution in [-0.2, 0) is 29.1 Å². The van der Waals surface area contributed by atoms with Crippen molar-refractivity contribution >= 4 is 68.3 Å². The maximum absolute atomic E-state index is 13.7. The molecular formula is C43H42Cl2N6O3. The van der Waals surface area contributed by atoms with Gasteiger partial charge in [0, 0.05) is 91.9 Å². The maximum atomic E-state index is 13.7. The molecule has 3 N–H and O–H groups in total. The van der Waals surface area contributed by atoms with Gasteiger partial charge >= 0.3 is 0 Å². The number of para-hydroxylation sites is 1. The smallest absolute Gasteiger partial charge is 0.251 e. The molecule has 2 aromatic heterocycles. The molecule has 0 bridgehead atoms. The van der Waals surface area contributed by atoms with Crippen molar-refractivity contribution in [3.05, 3.63) is 147 Å². The summed E-state index contributed by atoms with van der Waals surface area (Å²) in [5.74, 6) is -0.344. The molecule has 7 rings (SSSR count). The zero-order valence-corrected chi connectivity index (χ0v) is 31.8. The molecule has 9 nitrogen and oxygen atoms in total. The van der Waals surface area contributed by atoms with Gasteiger partial charge in [-0.15, -0.1) is 0 Å². The van der Waals surface area contributed by atoms with Gasteiger partial charge in [-0.1, -0.05) is 83.9 Å². The van der Waals surface area contributed by atoms with E-state index >= 15 is 0 Å². The largest absolute Gasteiger partial charge is 0.361 e. The van der Waals surface area contributed by atoms with Crippen molar-refractivity contribution < 1.29 is 14.4 Å². The Balaban J connectivity index is 1.14. The van der Waals surface area contributed by atoms with Crippen LogP contribution >= 0.6 is 23.2 Å². The van der Waals surface area contributed by atoms with Crippen molar-refractivity contribution in [1.82, 2.24) is 30.2 Å². The Kier molecular flexibility index (Phi) is 11.2. The van der Waals surface area contributed by atoms with Crippen molar-refractivity contribution in [3.8, 4) is 0 Å². The van der Waals surface area contributed by atoms with Crippen LogP contribution in [0.5, 0.6) is 0 Å². The number of hydrogen-bond donors (Lipinski definition) is 3. The van der Waals surface area contributed by atoms with Crippen LogP contribution in [0.25, 0.3) is 27.4 Å². The Labute approximate surface area is 324 Å². The van der Waals surface area contributed by atoms with Gasteiger partial charge in [0.05, 0.1) is 16.1 Å². The number of nitrogens with zero attached hydrogens (tertiary/aromatic N) is 3. The van der Waals surface area contributed by atoms with E-state index in [2.05, 4.69) is 32.4 Å². The van der Waals surface area contributed by atoms with Gasteiger partial charge in [-0.05, 0) is 71.5 Å². The number of halogens is 2. The molecule has 54 heavy (non-hydrogen) atoms. The van der Waals surface area contributed by atoms with Gasteiger partial charge in [-0.25, -0.2) is 5.01 Å². The second-order valence-corrected chi connectivity index (χ2v) is 14.6. The molecule has 0 saturated heterocycles. The van der Waals surface area contributed by atoms with E-state index in [9.17, 15) is 14.4 Å². The molecule has 1 aliphatic heterocycles. The molecular weight excluding hydrogens is 719 g/mol.